The van der Waals surface area contributed by atoms with Crippen LogP contribution < -0.4 is 11.2 Å². The van der Waals surface area contributed by atoms with Crippen LogP contribution in [0.3, 0.4) is 0 Å². The van der Waals surface area contributed by atoms with Crippen LogP contribution in [0.1, 0.15) is 45.1 Å². The van der Waals surface area contributed by atoms with Gasteiger partial charge in [-0.15, -0.1) is 0 Å². The second-order valence-corrected chi connectivity index (χ2v) is 7.39. The molecule has 0 amide bonds. The quantitative estimate of drug-likeness (QED) is 0.673. The van der Waals surface area contributed by atoms with Crippen LogP contribution in [-0.4, -0.2) is 35.5 Å². The number of ether oxygens (including phenoxy) is 1. The first-order valence-electron chi connectivity index (χ1n) is 8.76. The Kier molecular flexibility index (Phi) is 4.62. The molecule has 0 spiro atoms. The topological polar surface area (TPSA) is 75.7 Å². The summed E-state index contributed by atoms with van der Waals surface area (Å²) in [6.07, 6.45) is 1.76. The molecule has 1 aromatic heterocycles. The molecule has 7 heteroatoms. The van der Waals surface area contributed by atoms with Crippen molar-refractivity contribution in [1.82, 2.24) is 4.57 Å². The second kappa shape index (κ2) is 6.48. The van der Waals surface area contributed by atoms with Crippen molar-refractivity contribution in [2.45, 2.75) is 45.8 Å². The molecular weight excluding hydrogens is 331 g/mol. The molecule has 3 rings (SSSR count). The number of carbonyl (C=O) groups is 1. The zero-order valence-corrected chi connectivity index (χ0v) is 15.9. The second-order valence-electron chi connectivity index (χ2n) is 7.39. The molecule has 1 aliphatic rings. The number of rotatable bonds is 4. The van der Waals surface area contributed by atoms with Crippen LogP contribution >= 0.6 is 0 Å². The van der Waals surface area contributed by atoms with Crippen molar-refractivity contribution in [3.8, 4) is 5.69 Å². The Morgan fingerprint density at radius 2 is 1.69 bits per heavy atom. The van der Waals surface area contributed by atoms with Crippen LogP contribution in [0.4, 0.5) is 5.69 Å². The molecule has 1 aliphatic heterocycles. The number of hydrogen-bond acceptors (Lipinski definition) is 5. The highest BCUT2D eigenvalue weighted by Crippen LogP contribution is 2.36. The van der Waals surface area contributed by atoms with Crippen molar-refractivity contribution in [2.24, 2.45) is 0 Å². The monoisotopic (exact) mass is 356 g/mol. The summed E-state index contributed by atoms with van der Waals surface area (Å²) in [6.45, 7) is 10.2. The van der Waals surface area contributed by atoms with Gasteiger partial charge in [0.1, 0.15) is 0 Å². The number of nitrogen functional groups attached to an aromatic ring is 1. The van der Waals surface area contributed by atoms with Gasteiger partial charge in [0.25, 0.3) is 0 Å². The van der Waals surface area contributed by atoms with Crippen LogP contribution in [0.15, 0.2) is 36.5 Å². The third-order valence-corrected chi connectivity index (χ3v) is 5.08. The zero-order valence-electron chi connectivity index (χ0n) is 15.9. The minimum atomic E-state index is -0.440. The summed E-state index contributed by atoms with van der Waals surface area (Å²) in [5.74, 6) is -0.440. The lowest BCUT2D eigenvalue weighted by Crippen LogP contribution is -2.41. The average Bonchev–Trinajstić information content (AvgIpc) is 3.05. The van der Waals surface area contributed by atoms with E-state index in [0.717, 1.165) is 11.2 Å². The van der Waals surface area contributed by atoms with Gasteiger partial charge in [0.2, 0.25) is 0 Å². The first-order chi connectivity index (χ1) is 12.2. The summed E-state index contributed by atoms with van der Waals surface area (Å²) in [5, 5.41) is 0. The molecule has 0 saturated carbocycles. The van der Waals surface area contributed by atoms with Crippen LogP contribution in [0, 0.1) is 0 Å². The fraction of sp³-hybridized carbons (Fsp3) is 0.421. The summed E-state index contributed by atoms with van der Waals surface area (Å²) in [4.78, 5) is 12.2. The van der Waals surface area contributed by atoms with Crippen molar-refractivity contribution in [3.05, 3.63) is 42.2 Å². The Balaban J connectivity index is 1.87. The summed E-state index contributed by atoms with van der Waals surface area (Å²) in [7, 11) is -0.423. The first kappa shape index (κ1) is 18.5. The highest BCUT2D eigenvalue weighted by Gasteiger charge is 2.51. The lowest BCUT2D eigenvalue weighted by atomic mass is 9.79. The van der Waals surface area contributed by atoms with Gasteiger partial charge in [0.05, 0.1) is 23.5 Å². The molecule has 2 N–H and O–H groups in total. The molecule has 1 saturated heterocycles. The van der Waals surface area contributed by atoms with E-state index in [1.54, 1.807) is 23.8 Å². The van der Waals surface area contributed by atoms with Crippen molar-refractivity contribution in [3.63, 3.8) is 0 Å². The number of carbonyl (C=O) groups excluding carboxylic acids is 1. The number of nitrogens with zero attached hydrogens (tertiary/aromatic N) is 1. The molecule has 26 heavy (non-hydrogen) atoms. The van der Waals surface area contributed by atoms with Gasteiger partial charge in [-0.05, 0) is 58.3 Å². The smallest absolute Gasteiger partial charge is 0.461 e. The van der Waals surface area contributed by atoms with E-state index in [1.165, 1.54) is 0 Å². The molecule has 0 atom stereocenters. The number of nitrogens with two attached hydrogens (primary N) is 1. The molecule has 1 aromatic carbocycles. The molecule has 6 nitrogen and oxygen atoms in total. The molecule has 0 bridgehead atoms. The summed E-state index contributed by atoms with van der Waals surface area (Å²) < 4.78 is 19.0. The Morgan fingerprint density at radius 1 is 1.12 bits per heavy atom. The van der Waals surface area contributed by atoms with Gasteiger partial charge in [-0.25, -0.2) is 4.79 Å². The van der Waals surface area contributed by atoms with Crippen molar-refractivity contribution >= 4 is 24.2 Å². The van der Waals surface area contributed by atoms with Gasteiger partial charge in [-0.3, -0.25) is 0 Å². The largest absolute Gasteiger partial charge is 0.494 e. The maximum Gasteiger partial charge on any atom is 0.494 e. The zero-order chi connectivity index (χ0) is 19.1. The predicted molar refractivity (Wildman–Crippen MR) is 102 cm³/mol. The average molecular weight is 356 g/mol. The Labute approximate surface area is 154 Å². The van der Waals surface area contributed by atoms with Gasteiger partial charge in [-0.1, -0.05) is 12.1 Å². The van der Waals surface area contributed by atoms with E-state index in [2.05, 4.69) is 0 Å². The normalized spacial score (nSPS) is 18.1. The molecule has 0 aliphatic carbocycles. The van der Waals surface area contributed by atoms with E-state index in [1.807, 2.05) is 52.0 Å². The SMILES string of the molecule is CCOC(=O)c1c(N)ccn1-c1ccc(B2OC(C)(C)C(C)(C)O2)cc1. The van der Waals surface area contributed by atoms with Crippen LogP contribution in [-0.2, 0) is 14.0 Å². The Bertz CT molecular complexity index is 795. The number of esters is 1. The first-order valence-corrected chi connectivity index (χ1v) is 8.76. The summed E-state index contributed by atoms with van der Waals surface area (Å²) >= 11 is 0. The van der Waals surface area contributed by atoms with E-state index in [9.17, 15) is 4.79 Å². The minimum Gasteiger partial charge on any atom is -0.461 e. The molecule has 2 aromatic rings. The lowest BCUT2D eigenvalue weighted by Gasteiger charge is -2.32. The number of benzene rings is 1. The number of aromatic nitrogens is 1. The molecule has 1 fully saturated rings. The van der Waals surface area contributed by atoms with E-state index in [0.29, 0.717) is 18.0 Å². The van der Waals surface area contributed by atoms with Crippen molar-refractivity contribution in [1.29, 1.82) is 0 Å². The van der Waals surface area contributed by atoms with Gasteiger partial charge in [0.15, 0.2) is 5.69 Å². The van der Waals surface area contributed by atoms with Gasteiger partial charge in [0, 0.05) is 11.9 Å². The fourth-order valence-corrected chi connectivity index (χ4v) is 2.85. The van der Waals surface area contributed by atoms with Gasteiger partial charge < -0.3 is 24.3 Å². The van der Waals surface area contributed by atoms with E-state index < -0.39 is 13.1 Å². The van der Waals surface area contributed by atoms with Crippen molar-refractivity contribution in [2.75, 3.05) is 12.3 Å². The third-order valence-electron chi connectivity index (χ3n) is 5.08. The molecule has 0 radical (unpaired) electrons. The van der Waals surface area contributed by atoms with Crippen LogP contribution in [0.25, 0.3) is 5.69 Å². The number of anilines is 1. The summed E-state index contributed by atoms with van der Waals surface area (Å²) in [5.41, 5.74) is 7.61. The standard InChI is InChI=1S/C19H25BN2O4/c1-6-24-17(23)16-15(21)11-12-22(16)14-9-7-13(8-10-14)20-25-18(2,3)19(4,5)26-20/h7-12H,6,21H2,1-5H3. The minimum absolute atomic E-state index is 0.296. The summed E-state index contributed by atoms with van der Waals surface area (Å²) in [6, 6.07) is 9.37. The molecule has 2 heterocycles. The van der Waals surface area contributed by atoms with Gasteiger partial charge in [-0.2, -0.15) is 0 Å². The van der Waals surface area contributed by atoms with Gasteiger partial charge >= 0.3 is 13.1 Å². The maximum absolute atomic E-state index is 12.2. The van der Waals surface area contributed by atoms with E-state index in [4.69, 9.17) is 19.8 Å². The van der Waals surface area contributed by atoms with Crippen LogP contribution in [0.5, 0.6) is 0 Å². The van der Waals surface area contributed by atoms with Crippen molar-refractivity contribution < 1.29 is 18.8 Å². The molecular formula is C19H25BN2O4. The van der Waals surface area contributed by atoms with Crippen LogP contribution in [0.2, 0.25) is 0 Å². The lowest BCUT2D eigenvalue weighted by molar-refractivity contribution is 0.00578. The highest BCUT2D eigenvalue weighted by molar-refractivity contribution is 6.62. The maximum atomic E-state index is 12.2. The molecule has 138 valence electrons. The van der Waals surface area contributed by atoms with E-state index in [-0.39, 0.29) is 11.2 Å². The fourth-order valence-electron chi connectivity index (χ4n) is 2.85. The third kappa shape index (κ3) is 3.13. The Morgan fingerprint density at radius 3 is 2.23 bits per heavy atom. The van der Waals surface area contributed by atoms with E-state index >= 15 is 0 Å². The number of hydrogen-bond donors (Lipinski definition) is 1. The Hall–Kier alpha value is -2.25. The molecule has 0 unspecified atom stereocenters. The predicted octanol–water partition coefficient (Wildman–Crippen LogP) is 2.54. The highest BCUT2D eigenvalue weighted by atomic mass is 16.7.